The Hall–Kier alpha value is -1.79. The summed E-state index contributed by atoms with van der Waals surface area (Å²) in [6.07, 6.45) is 0.977. The van der Waals surface area contributed by atoms with Gasteiger partial charge in [0.05, 0.1) is 7.11 Å². The molecule has 0 atom stereocenters. The highest BCUT2D eigenvalue weighted by Gasteiger charge is 2.07. The van der Waals surface area contributed by atoms with Crippen LogP contribution in [0.4, 0.5) is 0 Å². The molecule has 0 bridgehead atoms. The van der Waals surface area contributed by atoms with Crippen LogP contribution in [-0.2, 0) is 16.1 Å². The van der Waals surface area contributed by atoms with Crippen molar-refractivity contribution in [1.82, 2.24) is 5.32 Å². The minimum absolute atomic E-state index is 0.161. The lowest BCUT2D eigenvalue weighted by Crippen LogP contribution is -2.20. The summed E-state index contributed by atoms with van der Waals surface area (Å²) < 4.78 is 15.8. The first-order chi connectivity index (χ1) is 10.2. The van der Waals surface area contributed by atoms with Crippen LogP contribution in [0.1, 0.15) is 18.9 Å². The van der Waals surface area contributed by atoms with Crippen molar-refractivity contribution in [3.05, 3.63) is 23.8 Å². The molecular formula is C15H24N2O4. The number of nitrogens with one attached hydrogen (secondary N) is 1. The van der Waals surface area contributed by atoms with E-state index in [0.29, 0.717) is 11.5 Å². The summed E-state index contributed by atoms with van der Waals surface area (Å²) in [4.78, 5) is 10.7. The molecule has 3 N–H and O–H groups in total. The first-order valence-electron chi connectivity index (χ1n) is 7.03. The van der Waals surface area contributed by atoms with E-state index >= 15 is 0 Å². The second-order valence-corrected chi connectivity index (χ2v) is 4.47. The van der Waals surface area contributed by atoms with E-state index in [1.807, 2.05) is 19.1 Å². The molecular weight excluding hydrogens is 272 g/mol. The first kappa shape index (κ1) is 17.3. The molecule has 1 amide bonds. The predicted octanol–water partition coefficient (Wildman–Crippen LogP) is 1.08. The monoisotopic (exact) mass is 296 g/mol. The van der Waals surface area contributed by atoms with Gasteiger partial charge in [-0.1, -0.05) is 6.07 Å². The van der Waals surface area contributed by atoms with E-state index in [9.17, 15) is 4.79 Å². The van der Waals surface area contributed by atoms with Crippen molar-refractivity contribution in [2.45, 2.75) is 19.9 Å². The summed E-state index contributed by atoms with van der Waals surface area (Å²) in [7, 11) is 1.56. The minimum atomic E-state index is -0.517. The maximum atomic E-state index is 10.7. The fourth-order valence-corrected chi connectivity index (χ4v) is 1.77. The van der Waals surface area contributed by atoms with Gasteiger partial charge in [-0.2, -0.15) is 0 Å². The summed E-state index contributed by atoms with van der Waals surface area (Å²) in [6.45, 7) is 4.98. The van der Waals surface area contributed by atoms with Crippen LogP contribution in [0.25, 0.3) is 0 Å². The van der Waals surface area contributed by atoms with E-state index in [1.165, 1.54) is 0 Å². The number of ether oxygens (including phenoxy) is 3. The molecule has 21 heavy (non-hydrogen) atoms. The van der Waals surface area contributed by atoms with Crippen molar-refractivity contribution in [3.8, 4) is 11.5 Å². The maximum absolute atomic E-state index is 10.7. The van der Waals surface area contributed by atoms with Gasteiger partial charge in [0, 0.05) is 19.8 Å². The average molecular weight is 296 g/mol. The third kappa shape index (κ3) is 6.97. The van der Waals surface area contributed by atoms with Gasteiger partial charge in [-0.25, -0.2) is 0 Å². The highest BCUT2D eigenvalue weighted by molar-refractivity contribution is 5.75. The van der Waals surface area contributed by atoms with Crippen LogP contribution in [0, 0.1) is 0 Å². The molecule has 0 radical (unpaired) electrons. The lowest BCUT2D eigenvalue weighted by atomic mass is 10.2. The lowest BCUT2D eigenvalue weighted by Gasteiger charge is -2.11. The van der Waals surface area contributed by atoms with Gasteiger partial charge in [0.1, 0.15) is 0 Å². The zero-order valence-electron chi connectivity index (χ0n) is 12.7. The molecule has 0 fully saturated rings. The molecule has 1 aromatic rings. The van der Waals surface area contributed by atoms with E-state index in [-0.39, 0.29) is 6.61 Å². The Labute approximate surface area is 125 Å². The number of methoxy groups -OCH3 is 1. The van der Waals surface area contributed by atoms with Gasteiger partial charge in [-0.05, 0) is 37.6 Å². The molecule has 0 saturated carbocycles. The number of nitrogens with two attached hydrogens (primary N) is 1. The molecule has 0 spiro atoms. The summed E-state index contributed by atoms with van der Waals surface area (Å²) in [5.74, 6) is 0.582. The summed E-state index contributed by atoms with van der Waals surface area (Å²) >= 11 is 0. The molecule has 1 rings (SSSR count). The zero-order chi connectivity index (χ0) is 15.5. The number of benzene rings is 1. The number of carbonyl (C=O) groups excluding carboxylic acids is 1. The van der Waals surface area contributed by atoms with Crippen LogP contribution in [0.2, 0.25) is 0 Å². The van der Waals surface area contributed by atoms with Crippen LogP contribution in [0.15, 0.2) is 18.2 Å². The Kier molecular flexibility index (Phi) is 8.23. The number of hydrogen-bond donors (Lipinski definition) is 2. The van der Waals surface area contributed by atoms with Gasteiger partial charge in [-0.15, -0.1) is 0 Å². The van der Waals surface area contributed by atoms with E-state index in [0.717, 1.165) is 38.3 Å². The molecule has 0 unspecified atom stereocenters. The Morgan fingerprint density at radius 3 is 2.81 bits per heavy atom. The molecule has 6 heteroatoms. The normalized spacial score (nSPS) is 10.4. The predicted molar refractivity (Wildman–Crippen MR) is 80.5 cm³/mol. The van der Waals surface area contributed by atoms with Crippen molar-refractivity contribution in [2.75, 3.05) is 33.5 Å². The van der Waals surface area contributed by atoms with Crippen LogP contribution in [0.5, 0.6) is 11.5 Å². The topological polar surface area (TPSA) is 82.8 Å². The van der Waals surface area contributed by atoms with Crippen molar-refractivity contribution in [1.29, 1.82) is 0 Å². The third-order valence-corrected chi connectivity index (χ3v) is 2.77. The molecule has 0 aliphatic carbocycles. The fourth-order valence-electron chi connectivity index (χ4n) is 1.77. The molecule has 0 saturated heterocycles. The lowest BCUT2D eigenvalue weighted by molar-refractivity contribution is -0.119. The summed E-state index contributed by atoms with van der Waals surface area (Å²) in [5, 5.41) is 3.33. The zero-order valence-corrected chi connectivity index (χ0v) is 12.7. The molecule has 118 valence electrons. The van der Waals surface area contributed by atoms with E-state index in [1.54, 1.807) is 13.2 Å². The number of amides is 1. The Balaban J connectivity index is 2.43. The van der Waals surface area contributed by atoms with Gasteiger partial charge in [0.2, 0.25) is 0 Å². The molecule has 6 nitrogen and oxygen atoms in total. The van der Waals surface area contributed by atoms with Crippen molar-refractivity contribution in [2.24, 2.45) is 5.73 Å². The molecule has 0 aliphatic rings. The standard InChI is InChI=1S/C15H24N2O4/c1-3-20-8-4-7-17-10-12-5-6-13(14(9-12)19-2)21-11-15(16)18/h5-6,9,17H,3-4,7-8,10-11H2,1-2H3,(H2,16,18). The van der Waals surface area contributed by atoms with Crippen molar-refractivity contribution in [3.63, 3.8) is 0 Å². The SMILES string of the molecule is CCOCCCNCc1ccc(OCC(N)=O)c(OC)c1. The number of hydrogen-bond acceptors (Lipinski definition) is 5. The number of rotatable bonds is 11. The van der Waals surface area contributed by atoms with Gasteiger partial charge in [0.25, 0.3) is 5.91 Å². The minimum Gasteiger partial charge on any atom is -0.493 e. The summed E-state index contributed by atoms with van der Waals surface area (Å²) in [6, 6.07) is 5.58. The smallest absolute Gasteiger partial charge is 0.255 e. The van der Waals surface area contributed by atoms with E-state index < -0.39 is 5.91 Å². The van der Waals surface area contributed by atoms with Crippen LogP contribution in [-0.4, -0.2) is 39.4 Å². The van der Waals surface area contributed by atoms with Gasteiger partial charge < -0.3 is 25.3 Å². The van der Waals surface area contributed by atoms with E-state index in [2.05, 4.69) is 5.32 Å². The van der Waals surface area contributed by atoms with Gasteiger partial charge in [-0.3, -0.25) is 4.79 Å². The molecule has 1 aromatic carbocycles. The molecule has 0 aromatic heterocycles. The highest BCUT2D eigenvalue weighted by Crippen LogP contribution is 2.27. The highest BCUT2D eigenvalue weighted by atomic mass is 16.5. The molecule has 0 aliphatic heterocycles. The van der Waals surface area contributed by atoms with Crippen molar-refractivity contribution >= 4 is 5.91 Å². The Bertz CT molecular complexity index is 438. The third-order valence-electron chi connectivity index (χ3n) is 2.77. The van der Waals surface area contributed by atoms with E-state index in [4.69, 9.17) is 19.9 Å². The largest absolute Gasteiger partial charge is 0.493 e. The number of carbonyl (C=O) groups is 1. The average Bonchev–Trinajstić information content (AvgIpc) is 2.49. The Morgan fingerprint density at radius 1 is 1.33 bits per heavy atom. The van der Waals surface area contributed by atoms with Gasteiger partial charge in [0.15, 0.2) is 18.1 Å². The fraction of sp³-hybridized carbons (Fsp3) is 0.533. The van der Waals surface area contributed by atoms with Crippen molar-refractivity contribution < 1.29 is 19.0 Å². The number of primary amides is 1. The van der Waals surface area contributed by atoms with Crippen LogP contribution in [0.3, 0.4) is 0 Å². The first-order valence-corrected chi connectivity index (χ1v) is 7.03. The second kappa shape index (κ2) is 10.0. The summed E-state index contributed by atoms with van der Waals surface area (Å²) in [5.41, 5.74) is 6.13. The molecule has 0 heterocycles. The van der Waals surface area contributed by atoms with Crippen LogP contribution >= 0.6 is 0 Å². The maximum Gasteiger partial charge on any atom is 0.255 e. The Morgan fingerprint density at radius 2 is 2.14 bits per heavy atom. The second-order valence-electron chi connectivity index (χ2n) is 4.47. The quantitative estimate of drug-likeness (QED) is 0.597. The van der Waals surface area contributed by atoms with Gasteiger partial charge >= 0.3 is 0 Å². The van der Waals surface area contributed by atoms with Crippen LogP contribution < -0.4 is 20.5 Å².